The Bertz CT molecular complexity index is 642. The Hall–Kier alpha value is -2.01. The number of halogens is 3. The molecule has 1 aromatic rings. The van der Waals surface area contributed by atoms with Crippen LogP contribution in [0.4, 0.5) is 13.2 Å². The van der Waals surface area contributed by atoms with Gasteiger partial charge in [0.1, 0.15) is 5.76 Å². The Morgan fingerprint density at radius 3 is 2.65 bits per heavy atom. The van der Waals surface area contributed by atoms with Crippen molar-refractivity contribution in [2.24, 2.45) is 0 Å². The number of nitrogens with one attached hydrogen (secondary N) is 1. The Morgan fingerprint density at radius 1 is 1.26 bits per heavy atom. The Kier molecular flexibility index (Phi) is 5.66. The van der Waals surface area contributed by atoms with Gasteiger partial charge >= 0.3 is 6.36 Å². The van der Waals surface area contributed by atoms with Crippen molar-refractivity contribution >= 4 is 5.57 Å². The Labute approximate surface area is 134 Å². The number of hydrogen-bond acceptors (Lipinski definition) is 2. The van der Waals surface area contributed by atoms with Crippen molar-refractivity contribution in [3.63, 3.8) is 0 Å². The van der Waals surface area contributed by atoms with Gasteiger partial charge in [-0.15, -0.1) is 13.2 Å². The monoisotopic (exact) mass is 323 g/mol. The number of fused-ring (bicyclic) bond motifs is 1. The number of hydrogen-bond donors (Lipinski definition) is 1. The molecule has 5 heteroatoms. The van der Waals surface area contributed by atoms with E-state index < -0.39 is 6.36 Å². The molecule has 23 heavy (non-hydrogen) atoms. The van der Waals surface area contributed by atoms with Gasteiger partial charge in [-0.1, -0.05) is 37.3 Å². The molecule has 124 valence electrons. The van der Waals surface area contributed by atoms with Crippen LogP contribution in [-0.2, 0) is 17.8 Å². The maximum absolute atomic E-state index is 12.7. The topological polar surface area (TPSA) is 21.3 Å². The van der Waals surface area contributed by atoms with Gasteiger partial charge in [0.15, 0.2) is 0 Å². The van der Waals surface area contributed by atoms with E-state index in [2.05, 4.69) is 10.1 Å². The van der Waals surface area contributed by atoms with Gasteiger partial charge in [-0.05, 0) is 42.2 Å². The summed E-state index contributed by atoms with van der Waals surface area (Å²) < 4.78 is 42.4. The lowest BCUT2D eigenvalue weighted by molar-refractivity contribution is -0.302. The van der Waals surface area contributed by atoms with E-state index in [4.69, 9.17) is 0 Å². The largest absolute Gasteiger partial charge is 0.573 e. The minimum absolute atomic E-state index is 0.163. The number of alkyl halides is 3. The van der Waals surface area contributed by atoms with Gasteiger partial charge in [-0.25, -0.2) is 0 Å². The molecule has 0 aromatic heterocycles. The van der Waals surface area contributed by atoms with Crippen LogP contribution in [0.1, 0.15) is 37.0 Å². The lowest BCUT2D eigenvalue weighted by atomic mass is 9.98. The molecular formula is C18H20F3NO. The maximum atomic E-state index is 12.7. The normalized spacial score (nSPS) is 16.0. The molecule has 0 radical (unpaired) electrons. The number of ether oxygens (including phenoxy) is 1. The third kappa shape index (κ3) is 4.73. The third-order valence-electron chi connectivity index (χ3n) is 3.48. The van der Waals surface area contributed by atoms with Gasteiger partial charge < -0.3 is 10.1 Å². The van der Waals surface area contributed by atoms with Crippen LogP contribution in [0.25, 0.3) is 5.57 Å². The highest BCUT2D eigenvalue weighted by molar-refractivity contribution is 5.79. The molecule has 1 N–H and O–H groups in total. The summed E-state index contributed by atoms with van der Waals surface area (Å²) in [5.74, 6) is -0.163. The summed E-state index contributed by atoms with van der Waals surface area (Å²) in [6.07, 6.45) is 2.32. The van der Waals surface area contributed by atoms with Crippen LogP contribution in [0.15, 0.2) is 48.3 Å². The van der Waals surface area contributed by atoms with E-state index >= 15 is 0 Å². The molecule has 2 rings (SSSR count). The molecule has 0 amide bonds. The highest BCUT2D eigenvalue weighted by atomic mass is 19.4. The minimum Gasteiger partial charge on any atom is -0.405 e. The standard InChI is InChI=1S/C18H20F3NO/c1-3-5-7-16(17(6-4-2)23-18(19,20)21)13-8-9-14-11-22-12-15(14)10-13/h3,5-10,22H,4,11-12H2,1-2H3/b5-3-,16-7-,17-6-. The number of allylic oxidation sites excluding steroid dienone is 5. The van der Waals surface area contributed by atoms with E-state index in [1.165, 1.54) is 11.6 Å². The molecule has 1 aliphatic rings. The van der Waals surface area contributed by atoms with E-state index in [-0.39, 0.29) is 5.76 Å². The van der Waals surface area contributed by atoms with Crippen molar-refractivity contribution in [2.75, 3.05) is 0 Å². The number of benzene rings is 1. The smallest absolute Gasteiger partial charge is 0.405 e. The highest BCUT2D eigenvalue weighted by Gasteiger charge is 2.33. The van der Waals surface area contributed by atoms with Crippen LogP contribution >= 0.6 is 0 Å². The lowest BCUT2D eigenvalue weighted by Gasteiger charge is -2.16. The van der Waals surface area contributed by atoms with E-state index in [0.29, 0.717) is 12.0 Å². The van der Waals surface area contributed by atoms with Crippen LogP contribution in [0.5, 0.6) is 0 Å². The molecular weight excluding hydrogens is 303 g/mol. The summed E-state index contributed by atoms with van der Waals surface area (Å²) in [7, 11) is 0. The molecule has 1 heterocycles. The predicted octanol–water partition coefficient (Wildman–Crippen LogP) is 5.08. The Balaban J connectivity index is 2.45. The van der Waals surface area contributed by atoms with Crippen molar-refractivity contribution in [3.05, 3.63) is 65.0 Å². The zero-order valence-corrected chi connectivity index (χ0v) is 13.2. The molecule has 0 bridgehead atoms. The van der Waals surface area contributed by atoms with Crippen molar-refractivity contribution in [3.8, 4) is 0 Å². The Morgan fingerprint density at radius 2 is 2.00 bits per heavy atom. The average molecular weight is 323 g/mol. The summed E-state index contributed by atoms with van der Waals surface area (Å²) in [6.45, 7) is 5.11. The first kappa shape index (κ1) is 17.3. The number of rotatable bonds is 5. The fraction of sp³-hybridized carbons (Fsp3) is 0.333. The second kappa shape index (κ2) is 7.51. The third-order valence-corrected chi connectivity index (χ3v) is 3.48. The molecule has 0 fully saturated rings. The molecule has 1 aliphatic heterocycles. The molecule has 0 saturated carbocycles. The molecule has 0 spiro atoms. The molecule has 0 atom stereocenters. The average Bonchev–Trinajstić information content (AvgIpc) is 2.94. The van der Waals surface area contributed by atoms with E-state index in [1.54, 1.807) is 25.2 Å². The van der Waals surface area contributed by atoms with Crippen molar-refractivity contribution in [2.45, 2.75) is 39.7 Å². The van der Waals surface area contributed by atoms with Crippen LogP contribution in [-0.4, -0.2) is 6.36 Å². The summed E-state index contributed by atoms with van der Waals surface area (Å²) in [4.78, 5) is 0. The van der Waals surface area contributed by atoms with E-state index in [9.17, 15) is 13.2 Å². The van der Waals surface area contributed by atoms with Crippen LogP contribution in [0.3, 0.4) is 0 Å². The summed E-state index contributed by atoms with van der Waals surface area (Å²) in [5.41, 5.74) is 3.43. The second-order valence-electron chi connectivity index (χ2n) is 5.22. The van der Waals surface area contributed by atoms with Gasteiger partial charge in [-0.3, -0.25) is 0 Å². The van der Waals surface area contributed by atoms with Crippen molar-refractivity contribution in [1.82, 2.24) is 5.32 Å². The lowest BCUT2D eigenvalue weighted by Crippen LogP contribution is -2.14. The van der Waals surface area contributed by atoms with Gasteiger partial charge in [0.2, 0.25) is 0 Å². The quantitative estimate of drug-likeness (QED) is 0.603. The molecule has 2 nitrogen and oxygen atoms in total. The van der Waals surface area contributed by atoms with Crippen LogP contribution in [0, 0.1) is 0 Å². The zero-order chi connectivity index (χ0) is 16.9. The predicted molar refractivity (Wildman–Crippen MR) is 85.3 cm³/mol. The summed E-state index contributed by atoms with van der Waals surface area (Å²) >= 11 is 0. The molecule has 1 aromatic carbocycles. The van der Waals surface area contributed by atoms with E-state index in [1.807, 2.05) is 25.1 Å². The molecule has 0 aliphatic carbocycles. The first-order chi connectivity index (χ1) is 10.9. The van der Waals surface area contributed by atoms with Gasteiger partial charge in [-0.2, -0.15) is 0 Å². The zero-order valence-electron chi connectivity index (χ0n) is 13.2. The molecule has 0 saturated heterocycles. The van der Waals surface area contributed by atoms with E-state index in [0.717, 1.165) is 24.2 Å². The fourth-order valence-corrected chi connectivity index (χ4v) is 2.49. The molecule has 0 unspecified atom stereocenters. The van der Waals surface area contributed by atoms with Crippen molar-refractivity contribution < 1.29 is 17.9 Å². The van der Waals surface area contributed by atoms with Gasteiger partial charge in [0.05, 0.1) is 0 Å². The SMILES string of the molecule is C\C=C/C=C(\C(=C\CC)OC(F)(F)F)c1ccc2c(c1)CNC2. The van der Waals surface area contributed by atoms with Crippen LogP contribution < -0.4 is 5.32 Å². The highest BCUT2D eigenvalue weighted by Crippen LogP contribution is 2.32. The first-order valence-corrected chi connectivity index (χ1v) is 7.56. The summed E-state index contributed by atoms with van der Waals surface area (Å²) in [5, 5.41) is 3.23. The maximum Gasteiger partial charge on any atom is 0.573 e. The van der Waals surface area contributed by atoms with Crippen LogP contribution in [0.2, 0.25) is 0 Å². The fourth-order valence-electron chi connectivity index (χ4n) is 2.49. The van der Waals surface area contributed by atoms with Gasteiger partial charge in [0.25, 0.3) is 0 Å². The van der Waals surface area contributed by atoms with Crippen molar-refractivity contribution in [1.29, 1.82) is 0 Å². The first-order valence-electron chi connectivity index (χ1n) is 7.56. The second-order valence-corrected chi connectivity index (χ2v) is 5.22. The van der Waals surface area contributed by atoms with Gasteiger partial charge in [0, 0.05) is 18.7 Å². The summed E-state index contributed by atoms with van der Waals surface area (Å²) in [6, 6.07) is 5.71. The minimum atomic E-state index is -4.71.